The van der Waals surface area contributed by atoms with Gasteiger partial charge >= 0.3 is 0 Å². The predicted molar refractivity (Wildman–Crippen MR) is 75.0 cm³/mol. The van der Waals surface area contributed by atoms with E-state index in [4.69, 9.17) is 4.42 Å². The smallest absolute Gasteiger partial charge is 0.246 e. The average Bonchev–Trinajstić information content (AvgIpc) is 2.86. The maximum atomic E-state index is 12.6. The topological polar surface area (TPSA) is 62.6 Å². The quantitative estimate of drug-likeness (QED) is 0.918. The van der Waals surface area contributed by atoms with Crippen molar-refractivity contribution in [2.75, 3.05) is 0 Å². The predicted octanol–water partition coefficient (Wildman–Crippen LogP) is 2.16. The van der Waals surface area contributed by atoms with E-state index in [2.05, 4.69) is 5.32 Å². The second-order valence-corrected chi connectivity index (χ2v) is 5.26. The van der Waals surface area contributed by atoms with Crippen molar-refractivity contribution in [3.63, 3.8) is 0 Å². The third-order valence-electron chi connectivity index (χ3n) is 3.89. The molecule has 0 saturated carbocycles. The molecular weight excluding hydrogens is 256 g/mol. The van der Waals surface area contributed by atoms with Gasteiger partial charge in [-0.3, -0.25) is 9.59 Å². The molecule has 1 aliphatic heterocycles. The molecule has 1 aromatic heterocycles. The van der Waals surface area contributed by atoms with E-state index in [1.54, 1.807) is 4.90 Å². The Balaban J connectivity index is 2.33. The Labute approximate surface area is 119 Å². The summed E-state index contributed by atoms with van der Waals surface area (Å²) in [4.78, 5) is 26.4. The second-order valence-electron chi connectivity index (χ2n) is 5.26. The fourth-order valence-corrected chi connectivity index (χ4v) is 2.72. The van der Waals surface area contributed by atoms with E-state index in [-0.39, 0.29) is 17.9 Å². The van der Waals surface area contributed by atoms with E-state index >= 15 is 0 Å². The standard InChI is InChI=1S/C15H22N2O3/c1-5-11-15(19)17(12(6-2)14(18)16-11)10(4)13-8-7-9(3)20-13/h7-8,10-12H,5-6H2,1-4H3,(H,16,18). The Morgan fingerprint density at radius 2 is 2.00 bits per heavy atom. The Hall–Kier alpha value is -1.78. The fraction of sp³-hybridized carbons (Fsp3) is 0.600. The van der Waals surface area contributed by atoms with Gasteiger partial charge < -0.3 is 14.6 Å². The molecule has 1 saturated heterocycles. The third kappa shape index (κ3) is 2.44. The lowest BCUT2D eigenvalue weighted by molar-refractivity contribution is -0.152. The summed E-state index contributed by atoms with van der Waals surface area (Å²) in [7, 11) is 0. The highest BCUT2D eigenvalue weighted by Crippen LogP contribution is 2.28. The van der Waals surface area contributed by atoms with Crippen LogP contribution < -0.4 is 5.32 Å². The van der Waals surface area contributed by atoms with Crippen LogP contribution >= 0.6 is 0 Å². The van der Waals surface area contributed by atoms with Crippen LogP contribution in [0.2, 0.25) is 0 Å². The molecule has 5 heteroatoms. The van der Waals surface area contributed by atoms with E-state index in [0.717, 1.165) is 11.5 Å². The molecule has 20 heavy (non-hydrogen) atoms. The number of piperazine rings is 1. The Bertz CT molecular complexity index is 509. The Morgan fingerprint density at radius 3 is 2.50 bits per heavy atom. The maximum absolute atomic E-state index is 12.6. The molecule has 0 bridgehead atoms. The highest BCUT2D eigenvalue weighted by atomic mass is 16.3. The summed E-state index contributed by atoms with van der Waals surface area (Å²) in [6.45, 7) is 7.59. The number of amides is 2. The van der Waals surface area contributed by atoms with Crippen molar-refractivity contribution in [1.29, 1.82) is 0 Å². The van der Waals surface area contributed by atoms with Crippen molar-refractivity contribution >= 4 is 11.8 Å². The van der Waals surface area contributed by atoms with E-state index in [1.807, 2.05) is 39.8 Å². The van der Waals surface area contributed by atoms with E-state index < -0.39 is 12.1 Å². The summed E-state index contributed by atoms with van der Waals surface area (Å²) < 4.78 is 5.62. The Kier molecular flexibility index (Phi) is 4.16. The zero-order valence-electron chi connectivity index (χ0n) is 12.5. The fourth-order valence-electron chi connectivity index (χ4n) is 2.72. The van der Waals surface area contributed by atoms with Gasteiger partial charge in [0.2, 0.25) is 11.8 Å². The average molecular weight is 278 g/mol. The van der Waals surface area contributed by atoms with E-state index in [1.165, 1.54) is 0 Å². The first-order valence-electron chi connectivity index (χ1n) is 7.18. The largest absolute Gasteiger partial charge is 0.464 e. The molecule has 1 aromatic rings. The molecule has 110 valence electrons. The first-order valence-corrected chi connectivity index (χ1v) is 7.18. The molecular formula is C15H22N2O3. The van der Waals surface area contributed by atoms with Crippen LogP contribution in [0.5, 0.6) is 0 Å². The van der Waals surface area contributed by atoms with Crippen LogP contribution in [0.1, 0.15) is 51.2 Å². The zero-order chi connectivity index (χ0) is 14.9. The van der Waals surface area contributed by atoms with Gasteiger partial charge in [0, 0.05) is 0 Å². The van der Waals surface area contributed by atoms with Gasteiger partial charge in [-0.1, -0.05) is 13.8 Å². The minimum Gasteiger partial charge on any atom is -0.464 e. The van der Waals surface area contributed by atoms with Gasteiger partial charge in [-0.2, -0.15) is 0 Å². The molecule has 1 fully saturated rings. The molecule has 0 aliphatic carbocycles. The first-order chi connectivity index (χ1) is 9.49. The summed E-state index contributed by atoms with van der Waals surface area (Å²) >= 11 is 0. The van der Waals surface area contributed by atoms with Crippen LogP contribution in [0.25, 0.3) is 0 Å². The number of hydrogen-bond acceptors (Lipinski definition) is 3. The molecule has 5 nitrogen and oxygen atoms in total. The van der Waals surface area contributed by atoms with Crippen LogP contribution in [-0.4, -0.2) is 28.8 Å². The second kappa shape index (κ2) is 5.69. The normalized spacial score (nSPS) is 24.7. The summed E-state index contributed by atoms with van der Waals surface area (Å²) in [6, 6.07) is 2.65. The van der Waals surface area contributed by atoms with Crippen molar-refractivity contribution in [3.8, 4) is 0 Å². The van der Waals surface area contributed by atoms with Gasteiger partial charge in [0.1, 0.15) is 23.6 Å². The van der Waals surface area contributed by atoms with Crippen molar-refractivity contribution < 1.29 is 14.0 Å². The van der Waals surface area contributed by atoms with Gasteiger partial charge in [-0.25, -0.2) is 0 Å². The van der Waals surface area contributed by atoms with Gasteiger partial charge in [-0.05, 0) is 38.8 Å². The van der Waals surface area contributed by atoms with Crippen LogP contribution in [-0.2, 0) is 9.59 Å². The van der Waals surface area contributed by atoms with E-state index in [9.17, 15) is 9.59 Å². The van der Waals surface area contributed by atoms with E-state index in [0.29, 0.717) is 12.8 Å². The number of furan rings is 1. The number of carbonyl (C=O) groups is 2. The van der Waals surface area contributed by atoms with Crippen LogP contribution in [0.15, 0.2) is 16.5 Å². The highest BCUT2D eigenvalue weighted by molar-refractivity contribution is 5.97. The summed E-state index contributed by atoms with van der Waals surface area (Å²) in [5.41, 5.74) is 0. The number of carbonyl (C=O) groups excluding carboxylic acids is 2. The van der Waals surface area contributed by atoms with Gasteiger partial charge in [0.05, 0.1) is 6.04 Å². The van der Waals surface area contributed by atoms with Gasteiger partial charge in [-0.15, -0.1) is 0 Å². The molecule has 0 radical (unpaired) electrons. The van der Waals surface area contributed by atoms with Gasteiger partial charge in [0.15, 0.2) is 0 Å². The zero-order valence-corrected chi connectivity index (χ0v) is 12.5. The molecule has 0 spiro atoms. The Morgan fingerprint density at radius 1 is 1.30 bits per heavy atom. The van der Waals surface area contributed by atoms with Crippen LogP contribution in [0.3, 0.4) is 0 Å². The van der Waals surface area contributed by atoms with Crippen molar-refractivity contribution in [2.45, 2.75) is 58.7 Å². The molecule has 3 unspecified atom stereocenters. The summed E-state index contributed by atoms with van der Waals surface area (Å²) in [5, 5.41) is 2.80. The lowest BCUT2D eigenvalue weighted by Crippen LogP contribution is -2.63. The lowest BCUT2D eigenvalue weighted by Gasteiger charge is -2.41. The molecule has 2 rings (SSSR count). The summed E-state index contributed by atoms with van der Waals surface area (Å²) in [5.74, 6) is 1.43. The summed E-state index contributed by atoms with van der Waals surface area (Å²) in [6.07, 6.45) is 1.19. The highest BCUT2D eigenvalue weighted by Gasteiger charge is 2.42. The first kappa shape index (κ1) is 14.6. The number of nitrogens with one attached hydrogen (secondary N) is 1. The van der Waals surface area contributed by atoms with Crippen molar-refractivity contribution in [2.24, 2.45) is 0 Å². The van der Waals surface area contributed by atoms with Crippen molar-refractivity contribution in [1.82, 2.24) is 10.2 Å². The number of nitrogens with zero attached hydrogens (tertiary/aromatic N) is 1. The molecule has 2 heterocycles. The molecule has 2 amide bonds. The maximum Gasteiger partial charge on any atom is 0.246 e. The van der Waals surface area contributed by atoms with Crippen LogP contribution in [0.4, 0.5) is 0 Å². The monoisotopic (exact) mass is 278 g/mol. The third-order valence-corrected chi connectivity index (χ3v) is 3.89. The lowest BCUT2D eigenvalue weighted by atomic mass is 10.0. The van der Waals surface area contributed by atoms with Crippen LogP contribution in [0, 0.1) is 6.92 Å². The number of hydrogen-bond donors (Lipinski definition) is 1. The van der Waals surface area contributed by atoms with Gasteiger partial charge in [0.25, 0.3) is 0 Å². The number of rotatable bonds is 4. The SMILES string of the molecule is CCC1NC(=O)C(CC)N(C(C)c2ccc(C)o2)C1=O. The van der Waals surface area contributed by atoms with Crippen molar-refractivity contribution in [3.05, 3.63) is 23.7 Å². The number of aryl methyl sites for hydroxylation is 1. The minimum atomic E-state index is -0.427. The molecule has 1 aliphatic rings. The minimum absolute atomic E-state index is 0.0273. The molecule has 0 aromatic carbocycles. The molecule has 1 N–H and O–H groups in total. The molecule has 3 atom stereocenters.